The molecule has 17 heavy (non-hydrogen) atoms. The van der Waals surface area contributed by atoms with Crippen LogP contribution in [-0.4, -0.2) is 29.0 Å². The monoisotopic (exact) mass is 258 g/mol. The molecule has 0 N–H and O–H groups in total. The minimum absolute atomic E-state index is 0.102. The van der Waals surface area contributed by atoms with E-state index in [-0.39, 0.29) is 16.7 Å². The van der Waals surface area contributed by atoms with E-state index in [2.05, 4.69) is 4.98 Å². The molecule has 0 saturated carbocycles. The van der Waals surface area contributed by atoms with E-state index >= 15 is 0 Å². The lowest BCUT2D eigenvalue weighted by molar-refractivity contribution is 0.573. The first-order chi connectivity index (χ1) is 7.83. The Labute approximate surface area is 101 Å². The zero-order valence-corrected chi connectivity index (χ0v) is 11.2. The van der Waals surface area contributed by atoms with Crippen molar-refractivity contribution in [2.45, 2.75) is 39.0 Å². The summed E-state index contributed by atoms with van der Waals surface area (Å²) in [5.74, 6) is 0.102. The van der Waals surface area contributed by atoms with Crippen molar-refractivity contribution < 1.29 is 8.42 Å². The van der Waals surface area contributed by atoms with E-state index in [1.54, 1.807) is 20.0 Å². The smallest absolute Gasteiger partial charge is 0.299 e. The molecule has 0 saturated heterocycles. The van der Waals surface area contributed by atoms with Crippen LogP contribution in [0.2, 0.25) is 0 Å². The Balaban J connectivity index is 2.64. The molecule has 0 aromatic carbocycles. The summed E-state index contributed by atoms with van der Waals surface area (Å²) in [5.41, 5.74) is 0.550. The van der Waals surface area contributed by atoms with E-state index in [0.29, 0.717) is 13.0 Å². The van der Waals surface area contributed by atoms with Crippen molar-refractivity contribution in [1.29, 1.82) is 0 Å². The number of hydrogen-bond acceptors (Lipinski definition) is 4. The number of aryl methyl sites for hydroxylation is 2. The minimum atomic E-state index is -3.03. The quantitative estimate of drug-likeness (QED) is 0.782. The van der Waals surface area contributed by atoms with Crippen LogP contribution in [0.1, 0.15) is 25.8 Å². The van der Waals surface area contributed by atoms with Gasteiger partial charge in [0, 0.05) is 18.9 Å². The summed E-state index contributed by atoms with van der Waals surface area (Å²) < 4.78 is 24.6. The second-order valence-corrected chi connectivity index (χ2v) is 7.05. The Kier molecular flexibility index (Phi) is 4.45. The summed E-state index contributed by atoms with van der Waals surface area (Å²) >= 11 is 0. The molecule has 0 radical (unpaired) electrons. The Hall–Kier alpha value is -1.17. The zero-order valence-electron chi connectivity index (χ0n) is 10.4. The van der Waals surface area contributed by atoms with Crippen LogP contribution < -0.4 is 5.69 Å². The van der Waals surface area contributed by atoms with Gasteiger partial charge in [-0.25, -0.2) is 18.2 Å². The summed E-state index contributed by atoms with van der Waals surface area (Å²) in [7, 11) is -3.03. The fraction of sp³-hybridized carbons (Fsp3) is 0.636. The fourth-order valence-corrected chi connectivity index (χ4v) is 2.40. The van der Waals surface area contributed by atoms with Gasteiger partial charge in [0.15, 0.2) is 9.84 Å². The highest BCUT2D eigenvalue weighted by Gasteiger charge is 2.15. The molecule has 0 fully saturated rings. The van der Waals surface area contributed by atoms with Gasteiger partial charge in [0.2, 0.25) is 0 Å². The van der Waals surface area contributed by atoms with Crippen LogP contribution in [0.25, 0.3) is 0 Å². The van der Waals surface area contributed by atoms with Gasteiger partial charge in [0.25, 0.3) is 0 Å². The number of hydrogen-bond donors (Lipinski definition) is 0. The zero-order chi connectivity index (χ0) is 13.1. The van der Waals surface area contributed by atoms with Crippen molar-refractivity contribution in [3.63, 3.8) is 0 Å². The van der Waals surface area contributed by atoms with Crippen LogP contribution in [0.15, 0.2) is 17.2 Å². The van der Waals surface area contributed by atoms with E-state index in [0.717, 1.165) is 5.56 Å². The predicted molar refractivity (Wildman–Crippen MR) is 66.8 cm³/mol. The highest BCUT2D eigenvalue weighted by atomic mass is 32.2. The van der Waals surface area contributed by atoms with Crippen molar-refractivity contribution in [2.24, 2.45) is 0 Å². The van der Waals surface area contributed by atoms with Crippen LogP contribution in [-0.2, 0) is 16.4 Å². The molecule has 0 amide bonds. The van der Waals surface area contributed by atoms with Crippen molar-refractivity contribution in [1.82, 2.24) is 9.55 Å². The van der Waals surface area contributed by atoms with Crippen molar-refractivity contribution >= 4 is 9.84 Å². The Bertz CT molecular complexity index is 532. The molecule has 1 heterocycles. The van der Waals surface area contributed by atoms with E-state index in [1.165, 1.54) is 10.8 Å². The molecule has 0 aliphatic carbocycles. The van der Waals surface area contributed by atoms with Crippen LogP contribution in [0.3, 0.4) is 0 Å². The van der Waals surface area contributed by atoms with E-state index < -0.39 is 9.84 Å². The molecule has 6 heteroatoms. The highest BCUT2D eigenvalue weighted by Crippen LogP contribution is 2.03. The lowest BCUT2D eigenvalue weighted by atomic mass is 10.4. The lowest BCUT2D eigenvalue weighted by Gasteiger charge is -2.08. The number of rotatable bonds is 5. The third-order valence-electron chi connectivity index (χ3n) is 2.53. The second-order valence-electron chi connectivity index (χ2n) is 4.38. The maximum atomic E-state index is 11.6. The SMILES string of the molecule is Cc1cnc(=O)n(CCCS(=O)(=O)C(C)C)c1. The summed E-state index contributed by atoms with van der Waals surface area (Å²) in [6, 6.07) is 0. The van der Waals surface area contributed by atoms with Gasteiger partial charge in [-0.1, -0.05) is 0 Å². The summed E-state index contributed by atoms with van der Waals surface area (Å²) in [6.07, 6.45) is 3.63. The van der Waals surface area contributed by atoms with E-state index in [4.69, 9.17) is 0 Å². The molecule has 0 spiro atoms. The molecule has 0 aliphatic heterocycles. The molecule has 1 aromatic rings. The van der Waals surface area contributed by atoms with Crippen LogP contribution in [0, 0.1) is 6.92 Å². The largest absolute Gasteiger partial charge is 0.347 e. The molecule has 0 unspecified atom stereocenters. The van der Waals surface area contributed by atoms with E-state index in [1.807, 2.05) is 6.92 Å². The number of sulfone groups is 1. The molecule has 5 nitrogen and oxygen atoms in total. The average Bonchev–Trinajstić information content (AvgIpc) is 2.22. The molecule has 96 valence electrons. The van der Waals surface area contributed by atoms with Crippen molar-refractivity contribution in [3.05, 3.63) is 28.4 Å². The van der Waals surface area contributed by atoms with Gasteiger partial charge >= 0.3 is 5.69 Å². The molecular weight excluding hydrogens is 240 g/mol. The van der Waals surface area contributed by atoms with Crippen molar-refractivity contribution in [3.8, 4) is 0 Å². The Morgan fingerprint density at radius 3 is 2.65 bits per heavy atom. The first kappa shape index (κ1) is 13.9. The number of nitrogens with zero attached hydrogens (tertiary/aromatic N) is 2. The third-order valence-corrected chi connectivity index (χ3v) is 4.82. The Morgan fingerprint density at radius 1 is 1.41 bits per heavy atom. The molecule has 1 aromatic heterocycles. The lowest BCUT2D eigenvalue weighted by Crippen LogP contribution is -2.25. The standard InChI is InChI=1S/C11H18N2O3S/c1-9(2)17(15,16)6-4-5-13-8-10(3)7-12-11(13)14/h7-9H,4-6H2,1-3H3. The first-order valence-electron chi connectivity index (χ1n) is 5.57. The van der Waals surface area contributed by atoms with Crippen LogP contribution in [0.5, 0.6) is 0 Å². The maximum absolute atomic E-state index is 11.6. The number of aromatic nitrogens is 2. The summed E-state index contributed by atoms with van der Waals surface area (Å²) in [4.78, 5) is 15.1. The second kappa shape index (κ2) is 5.44. The van der Waals surface area contributed by atoms with Gasteiger partial charge < -0.3 is 0 Å². The molecular formula is C11H18N2O3S. The molecule has 0 bridgehead atoms. The summed E-state index contributed by atoms with van der Waals surface area (Å²) in [5, 5.41) is -0.366. The van der Waals surface area contributed by atoms with Gasteiger partial charge in [0.1, 0.15) is 0 Å². The average molecular weight is 258 g/mol. The van der Waals surface area contributed by atoms with Gasteiger partial charge in [-0.05, 0) is 32.8 Å². The molecule has 1 rings (SSSR count). The molecule has 0 atom stereocenters. The topological polar surface area (TPSA) is 69.0 Å². The predicted octanol–water partition coefficient (Wildman–Crippen LogP) is 0.765. The fourth-order valence-electron chi connectivity index (χ4n) is 1.40. The Morgan fingerprint density at radius 2 is 2.06 bits per heavy atom. The van der Waals surface area contributed by atoms with Gasteiger partial charge in [-0.15, -0.1) is 0 Å². The first-order valence-corrected chi connectivity index (χ1v) is 7.29. The van der Waals surface area contributed by atoms with Gasteiger partial charge in [-0.2, -0.15) is 0 Å². The van der Waals surface area contributed by atoms with Crippen molar-refractivity contribution in [2.75, 3.05) is 5.75 Å². The van der Waals surface area contributed by atoms with E-state index in [9.17, 15) is 13.2 Å². The molecule has 0 aliphatic rings. The third kappa shape index (κ3) is 3.96. The normalized spacial score (nSPS) is 12.0. The maximum Gasteiger partial charge on any atom is 0.347 e. The van der Waals surface area contributed by atoms with Gasteiger partial charge in [0.05, 0.1) is 11.0 Å². The minimum Gasteiger partial charge on any atom is -0.299 e. The van der Waals surface area contributed by atoms with Crippen LogP contribution >= 0.6 is 0 Å². The van der Waals surface area contributed by atoms with Gasteiger partial charge in [-0.3, -0.25) is 4.57 Å². The highest BCUT2D eigenvalue weighted by molar-refractivity contribution is 7.91. The summed E-state index contributed by atoms with van der Waals surface area (Å²) in [6.45, 7) is 5.55. The van der Waals surface area contributed by atoms with Crippen LogP contribution in [0.4, 0.5) is 0 Å².